The number of nitrogens with one attached hydrogen (secondary N) is 1. The topological polar surface area (TPSA) is 98.5 Å². The van der Waals surface area contributed by atoms with Gasteiger partial charge in [-0.3, -0.25) is 4.79 Å². The molecule has 0 bridgehead atoms. The smallest absolute Gasteiger partial charge is 0.251 e. The highest BCUT2D eigenvalue weighted by Gasteiger charge is 2.14. The normalized spacial score (nSPS) is 11.7. The van der Waals surface area contributed by atoms with Crippen LogP contribution < -0.4 is 10.5 Å². The number of amides is 1. The van der Waals surface area contributed by atoms with Crippen LogP contribution in [-0.4, -0.2) is 34.1 Å². The Balaban J connectivity index is 2.64. The van der Waals surface area contributed by atoms with Crippen LogP contribution >= 0.6 is 11.6 Å². The molecule has 0 fully saturated rings. The van der Waals surface area contributed by atoms with E-state index >= 15 is 0 Å². The Morgan fingerprint density at radius 3 is 2.62 bits per heavy atom. The molecule has 6 nitrogen and oxygen atoms in total. The Morgan fingerprint density at radius 2 is 2.05 bits per heavy atom. The molecule has 0 aliphatic carbocycles. The van der Waals surface area contributed by atoms with Gasteiger partial charge in [-0.05, 0) is 24.1 Å². The number of carbonyl (C=O) groups excluding carboxylic acids is 1. The largest absolute Gasteiger partial charge is 0.379 e. The van der Waals surface area contributed by atoms with E-state index in [-0.39, 0.29) is 15.5 Å². The fourth-order valence-corrected chi connectivity index (χ4v) is 2.40. The molecule has 3 N–H and O–H groups in total. The van der Waals surface area contributed by atoms with Crippen molar-refractivity contribution < 1.29 is 17.9 Å². The van der Waals surface area contributed by atoms with Crippen molar-refractivity contribution in [3.05, 3.63) is 28.8 Å². The van der Waals surface area contributed by atoms with Crippen LogP contribution in [0, 0.1) is 5.92 Å². The van der Waals surface area contributed by atoms with Gasteiger partial charge in [0.25, 0.3) is 5.91 Å². The van der Waals surface area contributed by atoms with Gasteiger partial charge in [0.1, 0.15) is 0 Å². The molecule has 0 heterocycles. The summed E-state index contributed by atoms with van der Waals surface area (Å²) in [6.45, 7) is 5.37. The molecule has 0 aliphatic rings. The maximum absolute atomic E-state index is 11.9. The summed E-state index contributed by atoms with van der Waals surface area (Å²) in [7, 11) is -3.91. The van der Waals surface area contributed by atoms with Crippen molar-refractivity contribution in [1.82, 2.24) is 5.32 Å². The molecule has 8 heteroatoms. The molecule has 0 aromatic heterocycles. The monoisotopic (exact) mass is 334 g/mol. The first kappa shape index (κ1) is 17.9. The Bertz CT molecular complexity index is 602. The van der Waals surface area contributed by atoms with Gasteiger partial charge in [-0.15, -0.1) is 0 Å². The van der Waals surface area contributed by atoms with Crippen molar-refractivity contribution >= 4 is 27.5 Å². The first-order valence-corrected chi connectivity index (χ1v) is 8.32. The first-order chi connectivity index (χ1) is 9.70. The second-order valence-electron chi connectivity index (χ2n) is 4.95. The van der Waals surface area contributed by atoms with Gasteiger partial charge >= 0.3 is 0 Å². The summed E-state index contributed by atoms with van der Waals surface area (Å²) in [5.74, 6) is -0.0125. The molecule has 0 aliphatic heterocycles. The number of hydrogen-bond donors (Lipinski definition) is 2. The molecule has 1 aromatic carbocycles. The lowest BCUT2D eigenvalue weighted by atomic mass is 10.2. The average molecular weight is 335 g/mol. The highest BCUT2D eigenvalue weighted by molar-refractivity contribution is 7.89. The highest BCUT2D eigenvalue weighted by atomic mass is 35.5. The Labute approximate surface area is 129 Å². The molecule has 0 saturated heterocycles. The van der Waals surface area contributed by atoms with Gasteiger partial charge in [-0.1, -0.05) is 25.4 Å². The summed E-state index contributed by atoms with van der Waals surface area (Å²) in [5.41, 5.74) is 0.135. The number of hydrogen-bond acceptors (Lipinski definition) is 4. The van der Waals surface area contributed by atoms with Crippen LogP contribution in [-0.2, 0) is 14.8 Å². The van der Waals surface area contributed by atoms with Gasteiger partial charge in [-0.2, -0.15) is 0 Å². The molecule has 0 saturated carbocycles. The Hall–Kier alpha value is -1.15. The van der Waals surface area contributed by atoms with Crippen LogP contribution in [0.2, 0.25) is 5.02 Å². The lowest BCUT2D eigenvalue weighted by Gasteiger charge is -2.09. The van der Waals surface area contributed by atoms with E-state index in [2.05, 4.69) is 5.32 Å². The lowest BCUT2D eigenvalue weighted by Crippen LogP contribution is -2.28. The molecule has 118 valence electrons. The van der Waals surface area contributed by atoms with Gasteiger partial charge < -0.3 is 10.1 Å². The maximum atomic E-state index is 11.9. The van der Waals surface area contributed by atoms with Crippen molar-refractivity contribution in [2.45, 2.75) is 18.7 Å². The van der Waals surface area contributed by atoms with Crippen molar-refractivity contribution in [2.24, 2.45) is 11.1 Å². The highest BCUT2D eigenvalue weighted by Crippen LogP contribution is 2.18. The third kappa shape index (κ3) is 6.43. The van der Waals surface area contributed by atoms with E-state index in [1.54, 1.807) is 0 Å². The fourth-order valence-electron chi connectivity index (χ4n) is 1.52. The van der Waals surface area contributed by atoms with E-state index in [4.69, 9.17) is 21.5 Å². The molecule has 0 unspecified atom stereocenters. The summed E-state index contributed by atoms with van der Waals surface area (Å²) in [6, 6.07) is 3.76. The van der Waals surface area contributed by atoms with Crippen LogP contribution in [0.3, 0.4) is 0 Å². The molecular formula is C13H19ClN2O4S. The maximum Gasteiger partial charge on any atom is 0.251 e. The zero-order valence-corrected chi connectivity index (χ0v) is 13.5. The van der Waals surface area contributed by atoms with Gasteiger partial charge in [0.05, 0.1) is 11.5 Å². The minimum atomic E-state index is -3.91. The number of benzene rings is 1. The summed E-state index contributed by atoms with van der Waals surface area (Å²) in [5, 5.41) is 7.77. The minimum Gasteiger partial charge on any atom is -0.379 e. The number of carbonyl (C=O) groups is 1. The first-order valence-electron chi connectivity index (χ1n) is 6.39. The summed E-state index contributed by atoms with van der Waals surface area (Å²) in [4.78, 5) is 11.7. The Morgan fingerprint density at radius 1 is 1.38 bits per heavy atom. The van der Waals surface area contributed by atoms with Crippen LogP contribution in [0.1, 0.15) is 24.2 Å². The van der Waals surface area contributed by atoms with Gasteiger partial charge in [0, 0.05) is 23.7 Å². The van der Waals surface area contributed by atoms with Crippen LogP contribution in [0.4, 0.5) is 0 Å². The molecule has 1 amide bonds. The summed E-state index contributed by atoms with van der Waals surface area (Å²) < 4.78 is 27.9. The minimum absolute atomic E-state index is 0.128. The molecule has 0 radical (unpaired) electrons. The van der Waals surface area contributed by atoms with Gasteiger partial charge in [-0.25, -0.2) is 13.6 Å². The SMILES string of the molecule is CC(C)COCCNC(=O)c1cc(Cl)cc(S(N)(=O)=O)c1. The molecule has 1 aromatic rings. The third-order valence-electron chi connectivity index (χ3n) is 2.45. The zero-order valence-electron chi connectivity index (χ0n) is 11.9. The van der Waals surface area contributed by atoms with E-state index in [0.29, 0.717) is 25.7 Å². The molecule has 0 spiro atoms. The van der Waals surface area contributed by atoms with Crippen molar-refractivity contribution in [1.29, 1.82) is 0 Å². The van der Waals surface area contributed by atoms with Crippen molar-refractivity contribution in [3.63, 3.8) is 0 Å². The second kappa shape index (κ2) is 7.74. The number of nitrogens with two attached hydrogens (primary N) is 1. The molecule has 0 atom stereocenters. The number of ether oxygens (including phenoxy) is 1. The van der Waals surface area contributed by atoms with E-state index in [0.717, 1.165) is 0 Å². The lowest BCUT2D eigenvalue weighted by molar-refractivity contribution is 0.0886. The van der Waals surface area contributed by atoms with Crippen LogP contribution in [0.5, 0.6) is 0 Å². The third-order valence-corrected chi connectivity index (χ3v) is 3.56. The quantitative estimate of drug-likeness (QED) is 0.736. The predicted molar refractivity (Wildman–Crippen MR) is 80.8 cm³/mol. The van der Waals surface area contributed by atoms with Gasteiger partial charge in [0.15, 0.2) is 0 Å². The van der Waals surface area contributed by atoms with E-state index < -0.39 is 15.9 Å². The molecule has 1 rings (SSSR count). The second-order valence-corrected chi connectivity index (χ2v) is 6.94. The number of halogens is 1. The average Bonchev–Trinajstić information content (AvgIpc) is 2.36. The number of primary sulfonamides is 1. The summed E-state index contributed by atoms with van der Waals surface area (Å²) >= 11 is 5.79. The van der Waals surface area contributed by atoms with Crippen LogP contribution in [0.15, 0.2) is 23.1 Å². The van der Waals surface area contributed by atoms with Gasteiger partial charge in [0.2, 0.25) is 10.0 Å². The number of sulfonamides is 1. The number of rotatable bonds is 7. The summed E-state index contributed by atoms with van der Waals surface area (Å²) in [6.07, 6.45) is 0. The molecular weight excluding hydrogens is 316 g/mol. The molecule has 21 heavy (non-hydrogen) atoms. The zero-order chi connectivity index (χ0) is 16.0. The van der Waals surface area contributed by atoms with E-state index in [1.807, 2.05) is 13.8 Å². The van der Waals surface area contributed by atoms with Crippen molar-refractivity contribution in [2.75, 3.05) is 19.8 Å². The van der Waals surface area contributed by atoms with Crippen LogP contribution in [0.25, 0.3) is 0 Å². The van der Waals surface area contributed by atoms with Crippen molar-refractivity contribution in [3.8, 4) is 0 Å². The fraction of sp³-hybridized carbons (Fsp3) is 0.462. The van der Waals surface area contributed by atoms with E-state index in [1.165, 1.54) is 18.2 Å². The Kier molecular flexibility index (Phi) is 6.60. The standard InChI is InChI=1S/C13H19ClN2O4S/c1-9(2)8-20-4-3-16-13(17)10-5-11(14)7-12(6-10)21(15,18)19/h5-7,9H,3-4,8H2,1-2H3,(H,16,17)(H2,15,18,19). The predicted octanol–water partition coefficient (Wildman–Crippen LogP) is 1.39. The van der Waals surface area contributed by atoms with E-state index in [9.17, 15) is 13.2 Å².